The number of hydrogen-bond acceptors (Lipinski definition) is 6. The standard InChI is InChI=1S/C24H24N2O4S/c1-16-25-19(15-31-16)14-30-20-7-4-17(5-8-20)24(27)26-10-2-3-21(26)18-6-9-22-23(13-18)29-12-11-28-22/h4-9,13,15,21H,2-3,10-12,14H2,1H3/t21-/m1/s1. The van der Waals surface area contributed by atoms with Crippen molar-refractivity contribution in [3.05, 3.63) is 69.7 Å². The number of carbonyl (C=O) groups is 1. The van der Waals surface area contributed by atoms with Crippen LogP contribution in [0.3, 0.4) is 0 Å². The lowest BCUT2D eigenvalue weighted by Gasteiger charge is -2.27. The second-order valence-corrected chi connectivity index (χ2v) is 8.79. The van der Waals surface area contributed by atoms with Crippen LogP contribution in [0.2, 0.25) is 0 Å². The van der Waals surface area contributed by atoms with Gasteiger partial charge in [0, 0.05) is 17.5 Å². The summed E-state index contributed by atoms with van der Waals surface area (Å²) in [5.74, 6) is 2.31. The van der Waals surface area contributed by atoms with Crippen LogP contribution in [0.4, 0.5) is 0 Å². The molecule has 2 aliphatic heterocycles. The van der Waals surface area contributed by atoms with Gasteiger partial charge < -0.3 is 19.1 Å². The van der Waals surface area contributed by atoms with E-state index in [9.17, 15) is 4.79 Å². The van der Waals surface area contributed by atoms with Crippen molar-refractivity contribution in [2.24, 2.45) is 0 Å². The Labute approximate surface area is 185 Å². The van der Waals surface area contributed by atoms with Crippen molar-refractivity contribution in [2.75, 3.05) is 19.8 Å². The summed E-state index contributed by atoms with van der Waals surface area (Å²) in [6.07, 6.45) is 1.93. The van der Waals surface area contributed by atoms with E-state index in [1.54, 1.807) is 11.3 Å². The predicted octanol–water partition coefficient (Wildman–Crippen LogP) is 4.78. The maximum absolute atomic E-state index is 13.2. The molecule has 2 aliphatic rings. The van der Waals surface area contributed by atoms with E-state index in [0.717, 1.165) is 52.9 Å². The van der Waals surface area contributed by atoms with Crippen LogP contribution in [0.25, 0.3) is 0 Å². The maximum atomic E-state index is 13.2. The van der Waals surface area contributed by atoms with Crippen molar-refractivity contribution >= 4 is 17.2 Å². The molecule has 5 rings (SSSR count). The first-order chi connectivity index (χ1) is 15.2. The molecule has 0 aliphatic carbocycles. The molecule has 3 aromatic rings. The van der Waals surface area contributed by atoms with Gasteiger partial charge in [-0.15, -0.1) is 11.3 Å². The van der Waals surface area contributed by atoms with Crippen LogP contribution < -0.4 is 14.2 Å². The lowest BCUT2D eigenvalue weighted by Crippen LogP contribution is -2.30. The summed E-state index contributed by atoms with van der Waals surface area (Å²) in [6, 6.07) is 13.4. The zero-order chi connectivity index (χ0) is 21.2. The Balaban J connectivity index is 1.27. The summed E-state index contributed by atoms with van der Waals surface area (Å²) in [4.78, 5) is 19.6. The monoisotopic (exact) mass is 436 g/mol. The van der Waals surface area contributed by atoms with Gasteiger partial charge in [-0.1, -0.05) is 6.07 Å². The van der Waals surface area contributed by atoms with Crippen LogP contribution in [0.5, 0.6) is 17.2 Å². The summed E-state index contributed by atoms with van der Waals surface area (Å²) >= 11 is 1.61. The van der Waals surface area contributed by atoms with Crippen LogP contribution >= 0.6 is 11.3 Å². The molecule has 1 amide bonds. The first kappa shape index (κ1) is 19.9. The molecule has 31 heavy (non-hydrogen) atoms. The lowest BCUT2D eigenvalue weighted by atomic mass is 10.0. The van der Waals surface area contributed by atoms with Gasteiger partial charge in [-0.05, 0) is 61.7 Å². The van der Waals surface area contributed by atoms with E-state index < -0.39 is 0 Å². The average Bonchev–Trinajstić information content (AvgIpc) is 3.46. The van der Waals surface area contributed by atoms with E-state index in [1.807, 2.05) is 59.7 Å². The Bertz CT molecular complexity index is 1080. The van der Waals surface area contributed by atoms with Gasteiger partial charge >= 0.3 is 0 Å². The van der Waals surface area contributed by atoms with Crippen molar-refractivity contribution in [1.82, 2.24) is 9.88 Å². The molecule has 160 valence electrons. The summed E-state index contributed by atoms with van der Waals surface area (Å²) in [5.41, 5.74) is 2.68. The molecule has 0 saturated carbocycles. The molecule has 3 heterocycles. The van der Waals surface area contributed by atoms with Crippen LogP contribution in [0, 0.1) is 6.92 Å². The predicted molar refractivity (Wildman–Crippen MR) is 118 cm³/mol. The molecule has 2 aromatic carbocycles. The maximum Gasteiger partial charge on any atom is 0.254 e. The topological polar surface area (TPSA) is 60.9 Å². The average molecular weight is 437 g/mol. The van der Waals surface area contributed by atoms with Crippen LogP contribution in [-0.4, -0.2) is 35.5 Å². The molecule has 1 aromatic heterocycles. The zero-order valence-electron chi connectivity index (χ0n) is 17.4. The molecule has 1 saturated heterocycles. The number of ether oxygens (including phenoxy) is 3. The number of thiazole rings is 1. The van der Waals surface area contributed by atoms with Crippen molar-refractivity contribution in [3.63, 3.8) is 0 Å². The second kappa shape index (κ2) is 8.59. The zero-order valence-corrected chi connectivity index (χ0v) is 18.2. The van der Waals surface area contributed by atoms with Gasteiger partial charge in [-0.25, -0.2) is 4.98 Å². The number of hydrogen-bond donors (Lipinski definition) is 0. The van der Waals surface area contributed by atoms with E-state index >= 15 is 0 Å². The molecule has 0 radical (unpaired) electrons. The van der Waals surface area contributed by atoms with E-state index in [2.05, 4.69) is 4.98 Å². The number of aryl methyl sites for hydroxylation is 1. The van der Waals surface area contributed by atoms with E-state index in [1.165, 1.54) is 0 Å². The summed E-state index contributed by atoms with van der Waals surface area (Å²) < 4.78 is 17.2. The first-order valence-corrected chi connectivity index (χ1v) is 11.4. The molecular formula is C24H24N2O4S. The minimum Gasteiger partial charge on any atom is -0.487 e. The Morgan fingerprint density at radius 1 is 1.16 bits per heavy atom. The van der Waals surface area contributed by atoms with Gasteiger partial charge in [0.1, 0.15) is 25.6 Å². The van der Waals surface area contributed by atoms with E-state index in [0.29, 0.717) is 25.4 Å². The highest BCUT2D eigenvalue weighted by Crippen LogP contribution is 2.38. The van der Waals surface area contributed by atoms with Gasteiger partial charge in [0.2, 0.25) is 0 Å². The number of rotatable bonds is 5. The molecule has 1 atom stereocenters. The molecule has 1 fully saturated rings. The smallest absolute Gasteiger partial charge is 0.254 e. The minimum atomic E-state index is 0.0408. The van der Waals surface area contributed by atoms with E-state index in [-0.39, 0.29) is 11.9 Å². The van der Waals surface area contributed by atoms with Gasteiger partial charge in [0.25, 0.3) is 5.91 Å². The largest absolute Gasteiger partial charge is 0.487 e. The molecule has 0 unspecified atom stereocenters. The third-order valence-electron chi connectivity index (χ3n) is 5.62. The number of carbonyl (C=O) groups excluding carboxylic acids is 1. The van der Waals surface area contributed by atoms with Crippen LogP contribution in [0.15, 0.2) is 47.8 Å². The Hall–Kier alpha value is -3.06. The number of benzene rings is 2. The number of fused-ring (bicyclic) bond motifs is 1. The van der Waals surface area contributed by atoms with Crippen molar-refractivity contribution in [1.29, 1.82) is 0 Å². The lowest BCUT2D eigenvalue weighted by molar-refractivity contribution is 0.0735. The number of aromatic nitrogens is 1. The summed E-state index contributed by atoms with van der Waals surface area (Å²) in [6.45, 7) is 4.28. The first-order valence-electron chi connectivity index (χ1n) is 10.5. The number of likely N-dealkylation sites (tertiary alicyclic amines) is 1. The van der Waals surface area contributed by atoms with Crippen molar-refractivity contribution in [2.45, 2.75) is 32.4 Å². The number of amides is 1. The highest BCUT2D eigenvalue weighted by Gasteiger charge is 2.31. The fraction of sp³-hybridized carbons (Fsp3) is 0.333. The van der Waals surface area contributed by atoms with Crippen LogP contribution in [-0.2, 0) is 6.61 Å². The third-order valence-corrected chi connectivity index (χ3v) is 6.44. The molecule has 0 spiro atoms. The Morgan fingerprint density at radius 3 is 2.74 bits per heavy atom. The van der Waals surface area contributed by atoms with Gasteiger partial charge in [0.05, 0.1) is 16.7 Å². The van der Waals surface area contributed by atoms with Crippen LogP contribution in [0.1, 0.15) is 45.5 Å². The Morgan fingerprint density at radius 2 is 1.97 bits per heavy atom. The second-order valence-electron chi connectivity index (χ2n) is 7.73. The van der Waals surface area contributed by atoms with Gasteiger partial charge in [0.15, 0.2) is 11.5 Å². The highest BCUT2D eigenvalue weighted by molar-refractivity contribution is 7.09. The molecule has 0 N–H and O–H groups in total. The Kier molecular flexibility index (Phi) is 5.51. The minimum absolute atomic E-state index is 0.0408. The van der Waals surface area contributed by atoms with Gasteiger partial charge in [-0.3, -0.25) is 4.79 Å². The van der Waals surface area contributed by atoms with Crippen molar-refractivity contribution < 1.29 is 19.0 Å². The van der Waals surface area contributed by atoms with Gasteiger partial charge in [-0.2, -0.15) is 0 Å². The normalized spacial score (nSPS) is 17.6. The number of nitrogens with zero attached hydrogens (tertiary/aromatic N) is 2. The van der Waals surface area contributed by atoms with E-state index in [4.69, 9.17) is 14.2 Å². The SMILES string of the molecule is Cc1nc(COc2ccc(C(=O)N3CCC[C@@H]3c3ccc4c(c3)OCCO4)cc2)cs1. The summed E-state index contributed by atoms with van der Waals surface area (Å²) in [7, 11) is 0. The molecular weight excluding hydrogens is 412 g/mol. The summed E-state index contributed by atoms with van der Waals surface area (Å²) in [5, 5.41) is 3.02. The quantitative estimate of drug-likeness (QED) is 0.576. The highest BCUT2D eigenvalue weighted by atomic mass is 32.1. The molecule has 7 heteroatoms. The fourth-order valence-corrected chi connectivity index (χ4v) is 4.71. The fourth-order valence-electron chi connectivity index (χ4n) is 4.11. The molecule has 6 nitrogen and oxygen atoms in total. The molecule has 0 bridgehead atoms. The third kappa shape index (κ3) is 4.23. The van der Waals surface area contributed by atoms with Crippen molar-refractivity contribution in [3.8, 4) is 17.2 Å².